The van der Waals surface area contributed by atoms with Gasteiger partial charge in [-0.1, -0.05) is 0 Å². The molecular weight excluding hydrogens is 326 g/mol. The first-order valence-electron chi connectivity index (χ1n) is 8.18. The second kappa shape index (κ2) is 6.96. The number of nitrogens with one attached hydrogen (secondary N) is 1. The van der Waals surface area contributed by atoms with E-state index < -0.39 is 24.5 Å². The third kappa shape index (κ3) is 3.65. The van der Waals surface area contributed by atoms with E-state index in [9.17, 15) is 19.5 Å². The maximum atomic E-state index is 12.1. The number of rotatable bonds is 5. The number of carboxylic acids is 1. The van der Waals surface area contributed by atoms with Crippen molar-refractivity contribution in [3.05, 3.63) is 39.7 Å². The third-order valence-corrected chi connectivity index (χ3v) is 4.28. The standard InChI is InChI=1S/C18H19NO6/c1-10(17(22)19-9-16(20)21)24-11-6-7-13-12-4-2-3-5-14(12)18(23)25-15(13)8-11/h6-8,10H,2-5,9H2,1H3,(H,19,22)(H,20,21)/p-1/t10-/m0/s1. The van der Waals surface area contributed by atoms with Crippen LogP contribution in [0.25, 0.3) is 11.0 Å². The van der Waals surface area contributed by atoms with Gasteiger partial charge >= 0.3 is 5.63 Å². The van der Waals surface area contributed by atoms with Crippen LogP contribution >= 0.6 is 0 Å². The number of hydrogen-bond acceptors (Lipinski definition) is 6. The van der Waals surface area contributed by atoms with Crippen LogP contribution in [0, 0.1) is 0 Å². The lowest BCUT2D eigenvalue weighted by Gasteiger charge is -2.18. The normalized spacial score (nSPS) is 14.6. The SMILES string of the molecule is C[C@H](Oc1ccc2c3c(c(=O)oc2c1)CCCC3)C(=O)NCC(=O)[O-]. The molecule has 1 amide bonds. The Labute approximate surface area is 143 Å². The van der Waals surface area contributed by atoms with Crippen molar-refractivity contribution in [3.63, 3.8) is 0 Å². The highest BCUT2D eigenvalue weighted by Gasteiger charge is 2.19. The number of fused-ring (bicyclic) bond motifs is 3. The largest absolute Gasteiger partial charge is 0.548 e. The van der Waals surface area contributed by atoms with Crippen molar-refractivity contribution in [3.8, 4) is 5.75 Å². The summed E-state index contributed by atoms with van der Waals surface area (Å²) in [5, 5.41) is 13.4. The van der Waals surface area contributed by atoms with Crippen molar-refractivity contribution >= 4 is 22.8 Å². The summed E-state index contributed by atoms with van der Waals surface area (Å²) in [6, 6.07) is 5.11. The zero-order chi connectivity index (χ0) is 18.0. The maximum absolute atomic E-state index is 12.1. The van der Waals surface area contributed by atoms with Gasteiger partial charge in [-0.05, 0) is 50.3 Å². The average molecular weight is 344 g/mol. The topological polar surface area (TPSA) is 109 Å². The van der Waals surface area contributed by atoms with Gasteiger partial charge in [0.15, 0.2) is 6.10 Å². The van der Waals surface area contributed by atoms with Gasteiger partial charge in [0.1, 0.15) is 11.3 Å². The lowest BCUT2D eigenvalue weighted by molar-refractivity contribution is -0.304. The number of hydrogen-bond donors (Lipinski definition) is 1. The van der Waals surface area contributed by atoms with E-state index in [1.54, 1.807) is 12.1 Å². The molecule has 0 bridgehead atoms. The lowest BCUT2D eigenvalue weighted by atomic mass is 9.91. The zero-order valence-corrected chi connectivity index (χ0v) is 13.8. The summed E-state index contributed by atoms with van der Waals surface area (Å²) in [5.41, 5.74) is 1.89. The minimum atomic E-state index is -1.38. The number of carbonyl (C=O) groups excluding carboxylic acids is 2. The summed E-state index contributed by atoms with van der Waals surface area (Å²) in [5.74, 6) is -1.59. The number of carboxylic acid groups (broad SMARTS) is 1. The molecule has 1 heterocycles. The lowest BCUT2D eigenvalue weighted by Crippen LogP contribution is -2.43. The zero-order valence-electron chi connectivity index (χ0n) is 13.8. The van der Waals surface area contributed by atoms with Crippen LogP contribution in [0.2, 0.25) is 0 Å². The van der Waals surface area contributed by atoms with Gasteiger partial charge in [-0.2, -0.15) is 0 Å². The summed E-state index contributed by atoms with van der Waals surface area (Å²) in [6.45, 7) is 0.920. The molecule has 1 aliphatic carbocycles. The van der Waals surface area contributed by atoms with Crippen LogP contribution in [-0.4, -0.2) is 24.5 Å². The van der Waals surface area contributed by atoms with Crippen molar-refractivity contribution in [1.82, 2.24) is 5.32 Å². The van der Waals surface area contributed by atoms with Gasteiger partial charge < -0.3 is 24.4 Å². The van der Waals surface area contributed by atoms with Crippen molar-refractivity contribution in [2.45, 2.75) is 38.7 Å². The molecule has 0 aliphatic heterocycles. The number of ether oxygens (including phenoxy) is 1. The molecule has 1 aliphatic rings. The van der Waals surface area contributed by atoms with Crippen LogP contribution < -0.4 is 20.8 Å². The summed E-state index contributed by atoms with van der Waals surface area (Å²) in [6.07, 6.45) is 2.71. The molecule has 0 saturated carbocycles. The van der Waals surface area contributed by atoms with Crippen molar-refractivity contribution in [2.75, 3.05) is 6.54 Å². The minimum Gasteiger partial charge on any atom is -0.548 e. The molecular formula is C18H18NO6-. The highest BCUT2D eigenvalue weighted by molar-refractivity contribution is 5.85. The molecule has 2 aromatic rings. The van der Waals surface area contributed by atoms with E-state index in [-0.39, 0.29) is 5.63 Å². The van der Waals surface area contributed by atoms with Crippen molar-refractivity contribution < 1.29 is 23.8 Å². The van der Waals surface area contributed by atoms with E-state index in [0.29, 0.717) is 11.3 Å². The highest BCUT2D eigenvalue weighted by atomic mass is 16.5. The fourth-order valence-electron chi connectivity index (χ4n) is 3.06. The molecule has 7 heteroatoms. The second-order valence-electron chi connectivity index (χ2n) is 6.06. The monoisotopic (exact) mass is 344 g/mol. The molecule has 1 atom stereocenters. The first-order valence-corrected chi connectivity index (χ1v) is 8.18. The first kappa shape index (κ1) is 17.0. The molecule has 1 N–H and O–H groups in total. The molecule has 132 valence electrons. The fourth-order valence-corrected chi connectivity index (χ4v) is 3.06. The van der Waals surface area contributed by atoms with Gasteiger partial charge in [0.25, 0.3) is 5.91 Å². The Morgan fingerprint density at radius 2 is 2.00 bits per heavy atom. The molecule has 7 nitrogen and oxygen atoms in total. The summed E-state index contributed by atoms with van der Waals surface area (Å²) in [7, 11) is 0. The Hall–Kier alpha value is -2.83. The Kier molecular flexibility index (Phi) is 4.74. The summed E-state index contributed by atoms with van der Waals surface area (Å²) >= 11 is 0. The van der Waals surface area contributed by atoms with Gasteiger partial charge in [-0.25, -0.2) is 4.79 Å². The van der Waals surface area contributed by atoms with E-state index in [0.717, 1.165) is 42.2 Å². The molecule has 0 saturated heterocycles. The van der Waals surface area contributed by atoms with Crippen molar-refractivity contribution in [1.29, 1.82) is 0 Å². The molecule has 3 rings (SSSR count). The predicted molar refractivity (Wildman–Crippen MR) is 87.2 cm³/mol. The molecule has 0 radical (unpaired) electrons. The summed E-state index contributed by atoms with van der Waals surface area (Å²) in [4.78, 5) is 34.3. The van der Waals surface area contributed by atoms with Crippen LogP contribution in [0.5, 0.6) is 5.75 Å². The highest BCUT2D eigenvalue weighted by Crippen LogP contribution is 2.29. The summed E-state index contributed by atoms with van der Waals surface area (Å²) < 4.78 is 10.9. The van der Waals surface area contributed by atoms with Gasteiger partial charge in [-0.15, -0.1) is 0 Å². The molecule has 1 aromatic carbocycles. The van der Waals surface area contributed by atoms with E-state index in [1.165, 1.54) is 6.92 Å². The van der Waals surface area contributed by atoms with Gasteiger partial charge in [-0.3, -0.25) is 4.79 Å². The van der Waals surface area contributed by atoms with Gasteiger partial charge in [0, 0.05) is 17.0 Å². The van der Waals surface area contributed by atoms with Crippen LogP contribution in [0.3, 0.4) is 0 Å². The van der Waals surface area contributed by atoms with Gasteiger partial charge in [0.2, 0.25) is 0 Å². The van der Waals surface area contributed by atoms with Crippen molar-refractivity contribution in [2.24, 2.45) is 0 Å². The Bertz CT molecular complexity index is 885. The van der Waals surface area contributed by atoms with Crippen LogP contribution in [0.15, 0.2) is 27.4 Å². The molecule has 25 heavy (non-hydrogen) atoms. The fraction of sp³-hybridized carbons (Fsp3) is 0.389. The number of benzene rings is 1. The van der Waals surface area contributed by atoms with E-state index in [1.807, 2.05) is 6.07 Å². The van der Waals surface area contributed by atoms with Crippen LogP contribution in [0.1, 0.15) is 30.9 Å². The molecule has 0 spiro atoms. The molecule has 1 aromatic heterocycles. The Balaban J connectivity index is 1.83. The predicted octanol–water partition coefficient (Wildman–Crippen LogP) is 0.305. The van der Waals surface area contributed by atoms with E-state index in [4.69, 9.17) is 9.15 Å². The smallest absolute Gasteiger partial charge is 0.339 e. The first-order chi connectivity index (χ1) is 12.0. The second-order valence-corrected chi connectivity index (χ2v) is 6.06. The molecule has 0 fully saturated rings. The van der Waals surface area contributed by atoms with E-state index >= 15 is 0 Å². The quantitative estimate of drug-likeness (QED) is 0.782. The average Bonchev–Trinajstić information content (AvgIpc) is 2.59. The molecule has 0 unspecified atom stereocenters. The maximum Gasteiger partial charge on any atom is 0.339 e. The van der Waals surface area contributed by atoms with E-state index in [2.05, 4.69) is 5.32 Å². The number of aryl methyl sites for hydroxylation is 1. The minimum absolute atomic E-state index is 0.320. The number of amides is 1. The Morgan fingerprint density at radius 3 is 2.72 bits per heavy atom. The third-order valence-electron chi connectivity index (χ3n) is 4.28. The van der Waals surface area contributed by atoms with Gasteiger partial charge in [0.05, 0.1) is 12.5 Å². The number of carbonyl (C=O) groups is 2. The van der Waals surface area contributed by atoms with Crippen LogP contribution in [-0.2, 0) is 22.4 Å². The van der Waals surface area contributed by atoms with Crippen LogP contribution in [0.4, 0.5) is 0 Å². The number of aliphatic carboxylic acids is 1. The Morgan fingerprint density at radius 1 is 1.28 bits per heavy atom.